The van der Waals surface area contributed by atoms with Crippen molar-refractivity contribution >= 4 is 9.84 Å². The lowest BCUT2D eigenvalue weighted by atomic mass is 9.87. The van der Waals surface area contributed by atoms with Gasteiger partial charge < -0.3 is 5.32 Å². The minimum Gasteiger partial charge on any atom is -0.316 e. The molecule has 0 heterocycles. The minimum absolute atomic E-state index is 0.142. The predicted octanol–water partition coefficient (Wildman–Crippen LogP) is 2.25. The van der Waals surface area contributed by atoms with E-state index >= 15 is 0 Å². The van der Waals surface area contributed by atoms with Crippen LogP contribution in [-0.4, -0.2) is 33.0 Å². The average molecular weight is 261 g/mol. The summed E-state index contributed by atoms with van der Waals surface area (Å²) >= 11 is 0. The summed E-state index contributed by atoms with van der Waals surface area (Å²) in [5.74, 6) is 1.07. The van der Waals surface area contributed by atoms with E-state index < -0.39 is 9.84 Å². The third-order valence-corrected chi connectivity index (χ3v) is 4.70. The second-order valence-corrected chi connectivity index (χ2v) is 7.84. The van der Waals surface area contributed by atoms with Crippen LogP contribution in [-0.2, 0) is 9.84 Å². The monoisotopic (exact) mass is 261 g/mol. The highest BCUT2D eigenvalue weighted by Crippen LogP contribution is 2.22. The normalized spacial score (nSPS) is 15.8. The Morgan fingerprint density at radius 3 is 2.41 bits per heavy atom. The molecule has 0 saturated heterocycles. The molecule has 102 valence electrons. The van der Waals surface area contributed by atoms with Crippen LogP contribution in [0.5, 0.6) is 0 Å². The molecular formula is C13H27NO2S. The first-order valence-corrected chi connectivity index (χ1v) is 8.11. The zero-order valence-electron chi connectivity index (χ0n) is 11.6. The van der Waals surface area contributed by atoms with E-state index in [0.717, 1.165) is 13.1 Å². The molecule has 0 rings (SSSR count). The van der Waals surface area contributed by atoms with Crippen LogP contribution in [0.4, 0.5) is 0 Å². The SMILES string of the molecule is C=CC(C)(CCS(=O)(=O)CC)CNCC(C)C. The molecule has 0 bridgehead atoms. The van der Waals surface area contributed by atoms with Crippen LogP contribution in [0.15, 0.2) is 12.7 Å². The number of rotatable bonds is 9. The van der Waals surface area contributed by atoms with Crippen molar-refractivity contribution in [2.24, 2.45) is 11.3 Å². The van der Waals surface area contributed by atoms with Crippen LogP contribution in [0, 0.1) is 11.3 Å². The van der Waals surface area contributed by atoms with Gasteiger partial charge in [0, 0.05) is 12.3 Å². The third kappa shape index (κ3) is 7.55. The summed E-state index contributed by atoms with van der Waals surface area (Å²) in [6.45, 7) is 13.6. The molecule has 0 saturated carbocycles. The van der Waals surface area contributed by atoms with E-state index in [-0.39, 0.29) is 16.9 Å². The predicted molar refractivity (Wildman–Crippen MR) is 75.0 cm³/mol. The Bertz CT molecular complexity index is 322. The Morgan fingerprint density at radius 2 is 2.00 bits per heavy atom. The van der Waals surface area contributed by atoms with Gasteiger partial charge in [0.2, 0.25) is 0 Å². The Labute approximate surface area is 107 Å². The molecule has 0 aliphatic heterocycles. The fourth-order valence-electron chi connectivity index (χ4n) is 1.44. The third-order valence-electron chi connectivity index (χ3n) is 3.00. The lowest BCUT2D eigenvalue weighted by Crippen LogP contribution is -2.34. The van der Waals surface area contributed by atoms with Crippen LogP contribution >= 0.6 is 0 Å². The number of nitrogens with one attached hydrogen (secondary N) is 1. The lowest BCUT2D eigenvalue weighted by molar-refractivity contribution is 0.368. The Morgan fingerprint density at radius 1 is 1.41 bits per heavy atom. The van der Waals surface area contributed by atoms with E-state index in [1.54, 1.807) is 6.92 Å². The van der Waals surface area contributed by atoms with Gasteiger partial charge in [0.05, 0.1) is 5.75 Å². The average Bonchev–Trinajstić information content (AvgIpc) is 2.26. The van der Waals surface area contributed by atoms with E-state index in [0.29, 0.717) is 12.3 Å². The highest BCUT2D eigenvalue weighted by atomic mass is 32.2. The molecule has 0 spiro atoms. The number of hydrogen-bond donors (Lipinski definition) is 1. The summed E-state index contributed by atoms with van der Waals surface area (Å²) in [5.41, 5.74) is -0.142. The van der Waals surface area contributed by atoms with Gasteiger partial charge in [-0.25, -0.2) is 8.42 Å². The van der Waals surface area contributed by atoms with Crippen molar-refractivity contribution in [1.29, 1.82) is 0 Å². The molecule has 17 heavy (non-hydrogen) atoms. The molecule has 0 aromatic heterocycles. The van der Waals surface area contributed by atoms with Gasteiger partial charge in [-0.15, -0.1) is 6.58 Å². The molecule has 0 aliphatic rings. The molecule has 1 N–H and O–H groups in total. The van der Waals surface area contributed by atoms with Crippen LogP contribution in [0.25, 0.3) is 0 Å². The van der Waals surface area contributed by atoms with Crippen LogP contribution < -0.4 is 5.32 Å². The maximum atomic E-state index is 11.5. The fourth-order valence-corrected chi connectivity index (χ4v) is 2.51. The Kier molecular flexibility index (Phi) is 7.02. The van der Waals surface area contributed by atoms with Gasteiger partial charge in [-0.05, 0) is 24.3 Å². The highest BCUT2D eigenvalue weighted by Gasteiger charge is 2.22. The molecule has 0 amide bonds. The molecule has 0 fully saturated rings. The maximum absolute atomic E-state index is 11.5. The molecule has 0 aliphatic carbocycles. The van der Waals surface area contributed by atoms with Crippen molar-refractivity contribution in [3.8, 4) is 0 Å². The smallest absolute Gasteiger partial charge is 0.150 e. The van der Waals surface area contributed by atoms with E-state index in [1.807, 2.05) is 6.08 Å². The zero-order chi connectivity index (χ0) is 13.5. The first-order valence-electron chi connectivity index (χ1n) is 6.29. The van der Waals surface area contributed by atoms with Crippen molar-refractivity contribution in [2.75, 3.05) is 24.6 Å². The van der Waals surface area contributed by atoms with Crippen LogP contribution in [0.1, 0.15) is 34.1 Å². The minimum atomic E-state index is -2.88. The molecule has 0 aromatic carbocycles. The summed E-state index contributed by atoms with van der Waals surface area (Å²) < 4.78 is 23.0. The van der Waals surface area contributed by atoms with E-state index in [2.05, 4.69) is 32.7 Å². The van der Waals surface area contributed by atoms with Gasteiger partial charge in [-0.2, -0.15) is 0 Å². The number of sulfone groups is 1. The molecule has 1 unspecified atom stereocenters. The Hall–Kier alpha value is -0.350. The van der Waals surface area contributed by atoms with Crippen LogP contribution in [0.2, 0.25) is 0 Å². The van der Waals surface area contributed by atoms with Crippen molar-refractivity contribution in [2.45, 2.75) is 34.1 Å². The summed E-state index contributed by atoms with van der Waals surface area (Å²) in [6.07, 6.45) is 2.50. The second kappa shape index (κ2) is 7.17. The molecule has 0 aromatic rings. The molecular weight excluding hydrogens is 234 g/mol. The molecule has 1 atom stereocenters. The standard InChI is InChI=1S/C13H27NO2S/c1-6-13(5,11-14-10-12(3)4)8-9-17(15,16)7-2/h6,12,14H,1,7-11H2,2-5H3. The Balaban J connectivity index is 4.24. The quantitative estimate of drug-likeness (QED) is 0.648. The topological polar surface area (TPSA) is 46.2 Å². The summed E-state index contributed by atoms with van der Waals surface area (Å²) in [7, 11) is -2.88. The number of hydrogen-bond acceptors (Lipinski definition) is 3. The van der Waals surface area contributed by atoms with Crippen molar-refractivity contribution in [3.05, 3.63) is 12.7 Å². The first kappa shape index (κ1) is 16.6. The fraction of sp³-hybridized carbons (Fsp3) is 0.846. The van der Waals surface area contributed by atoms with Gasteiger partial charge in [-0.1, -0.05) is 33.8 Å². The lowest BCUT2D eigenvalue weighted by Gasteiger charge is -2.26. The van der Waals surface area contributed by atoms with E-state index in [4.69, 9.17) is 0 Å². The molecule has 4 heteroatoms. The van der Waals surface area contributed by atoms with Crippen molar-refractivity contribution in [1.82, 2.24) is 5.32 Å². The largest absolute Gasteiger partial charge is 0.316 e. The zero-order valence-corrected chi connectivity index (χ0v) is 12.4. The van der Waals surface area contributed by atoms with E-state index in [9.17, 15) is 8.42 Å². The molecule has 3 nitrogen and oxygen atoms in total. The van der Waals surface area contributed by atoms with Crippen molar-refractivity contribution in [3.63, 3.8) is 0 Å². The van der Waals surface area contributed by atoms with Crippen molar-refractivity contribution < 1.29 is 8.42 Å². The van der Waals surface area contributed by atoms with E-state index in [1.165, 1.54) is 0 Å². The van der Waals surface area contributed by atoms with Gasteiger partial charge in [0.15, 0.2) is 0 Å². The van der Waals surface area contributed by atoms with Gasteiger partial charge in [-0.3, -0.25) is 0 Å². The molecule has 0 radical (unpaired) electrons. The second-order valence-electron chi connectivity index (χ2n) is 5.37. The van der Waals surface area contributed by atoms with Gasteiger partial charge >= 0.3 is 0 Å². The maximum Gasteiger partial charge on any atom is 0.150 e. The summed E-state index contributed by atoms with van der Waals surface area (Å²) in [4.78, 5) is 0. The van der Waals surface area contributed by atoms with Gasteiger partial charge in [0.25, 0.3) is 0 Å². The van der Waals surface area contributed by atoms with Gasteiger partial charge in [0.1, 0.15) is 9.84 Å². The van der Waals surface area contributed by atoms with Crippen LogP contribution in [0.3, 0.4) is 0 Å². The first-order chi connectivity index (χ1) is 7.74. The highest BCUT2D eigenvalue weighted by molar-refractivity contribution is 7.91. The summed E-state index contributed by atoms with van der Waals surface area (Å²) in [5, 5.41) is 3.36. The summed E-state index contributed by atoms with van der Waals surface area (Å²) in [6, 6.07) is 0.